The van der Waals surface area contributed by atoms with Crippen molar-refractivity contribution in [3.05, 3.63) is 42.7 Å². The molecule has 2 rings (SSSR count). The number of benzene rings is 1. The second-order valence-electron chi connectivity index (χ2n) is 9.68. The lowest BCUT2D eigenvalue weighted by Crippen LogP contribution is -2.34. The predicted molar refractivity (Wildman–Crippen MR) is 140 cm³/mol. The Bertz CT molecular complexity index is 673. The van der Waals surface area contributed by atoms with Crippen molar-refractivity contribution in [1.82, 2.24) is 4.57 Å². The van der Waals surface area contributed by atoms with Crippen LogP contribution in [-0.2, 0) is 13.1 Å². The molecule has 1 aromatic carbocycles. The van der Waals surface area contributed by atoms with E-state index in [9.17, 15) is 0 Å². The smallest absolute Gasteiger partial charge is 0.230 e. The summed E-state index contributed by atoms with van der Waals surface area (Å²) >= 11 is 0. The first-order valence-corrected chi connectivity index (χ1v) is 14.0. The van der Waals surface area contributed by atoms with Crippen molar-refractivity contribution in [1.29, 1.82) is 0 Å². The molecule has 0 amide bonds. The maximum atomic E-state index is 2.50. The highest BCUT2D eigenvalue weighted by Gasteiger charge is 2.18. The Morgan fingerprint density at radius 2 is 1.09 bits per heavy atom. The van der Waals surface area contributed by atoms with E-state index in [-0.39, 0.29) is 0 Å². The van der Waals surface area contributed by atoms with Gasteiger partial charge in [-0.2, -0.15) is 0 Å². The second kappa shape index (κ2) is 17.9. The molecule has 0 saturated carbocycles. The average molecular weight is 440 g/mol. The van der Waals surface area contributed by atoms with Crippen LogP contribution in [0, 0.1) is 0 Å². The SMILES string of the molecule is CCCCCCCCCCCn1cc[n+](CCCCCCCCCC)c1-c1ccccc1. The molecule has 2 aromatic rings. The standard InChI is InChI=1S/C30H51N2/c1-3-5-7-9-11-13-15-17-22-26-32-28-27-31(30(32)29-23-19-18-20-24-29)25-21-16-14-12-10-8-6-4-2/h18-20,23-24,27-28H,3-17,21-22,25-26H2,1-2H3/q+1. The Morgan fingerprint density at radius 1 is 0.594 bits per heavy atom. The topological polar surface area (TPSA) is 8.81 Å². The van der Waals surface area contributed by atoms with Gasteiger partial charge in [-0.25, -0.2) is 9.13 Å². The number of aromatic nitrogens is 2. The van der Waals surface area contributed by atoms with Crippen LogP contribution in [0.15, 0.2) is 42.7 Å². The van der Waals surface area contributed by atoms with E-state index in [4.69, 9.17) is 0 Å². The van der Waals surface area contributed by atoms with Gasteiger partial charge in [-0.3, -0.25) is 0 Å². The van der Waals surface area contributed by atoms with E-state index in [1.807, 2.05) is 0 Å². The van der Waals surface area contributed by atoms with Crippen LogP contribution in [0.4, 0.5) is 0 Å². The fourth-order valence-electron chi connectivity index (χ4n) is 4.76. The van der Waals surface area contributed by atoms with Gasteiger partial charge < -0.3 is 0 Å². The van der Waals surface area contributed by atoms with Gasteiger partial charge in [0.2, 0.25) is 0 Å². The number of imidazole rings is 1. The fraction of sp³-hybridized carbons (Fsp3) is 0.700. The Balaban J connectivity index is 1.76. The lowest BCUT2D eigenvalue weighted by atomic mass is 10.1. The quantitative estimate of drug-likeness (QED) is 0.144. The van der Waals surface area contributed by atoms with Crippen LogP contribution in [0.2, 0.25) is 0 Å². The second-order valence-corrected chi connectivity index (χ2v) is 9.68. The molecular weight excluding hydrogens is 388 g/mol. The number of rotatable bonds is 20. The Labute approximate surface area is 199 Å². The first kappa shape index (κ1) is 26.7. The number of aryl methyl sites for hydroxylation is 2. The molecule has 0 radical (unpaired) electrons. The Kier molecular flexibility index (Phi) is 14.9. The molecule has 0 aliphatic carbocycles. The van der Waals surface area contributed by atoms with Gasteiger partial charge in [-0.05, 0) is 37.8 Å². The van der Waals surface area contributed by atoms with E-state index >= 15 is 0 Å². The van der Waals surface area contributed by atoms with E-state index < -0.39 is 0 Å². The monoisotopic (exact) mass is 439 g/mol. The Hall–Kier alpha value is -1.57. The summed E-state index contributed by atoms with van der Waals surface area (Å²) in [5.41, 5.74) is 1.35. The van der Waals surface area contributed by atoms with Gasteiger partial charge in [0.1, 0.15) is 12.4 Å². The van der Waals surface area contributed by atoms with Crippen molar-refractivity contribution in [2.75, 3.05) is 0 Å². The zero-order valence-corrected chi connectivity index (χ0v) is 21.4. The van der Waals surface area contributed by atoms with Crippen LogP contribution < -0.4 is 4.57 Å². The highest BCUT2D eigenvalue weighted by molar-refractivity contribution is 5.52. The van der Waals surface area contributed by atoms with E-state index in [0.717, 1.165) is 13.1 Å². The zero-order valence-electron chi connectivity index (χ0n) is 21.4. The largest absolute Gasteiger partial charge is 0.288 e. The first-order valence-electron chi connectivity index (χ1n) is 14.0. The van der Waals surface area contributed by atoms with Gasteiger partial charge in [0, 0.05) is 0 Å². The third-order valence-corrected chi connectivity index (χ3v) is 6.76. The van der Waals surface area contributed by atoms with Gasteiger partial charge >= 0.3 is 0 Å². The minimum Gasteiger partial charge on any atom is -0.230 e. The fourth-order valence-corrected chi connectivity index (χ4v) is 4.76. The number of hydrogen-bond acceptors (Lipinski definition) is 0. The van der Waals surface area contributed by atoms with E-state index in [0.29, 0.717) is 0 Å². The minimum absolute atomic E-state index is 1.14. The summed E-state index contributed by atoms with van der Waals surface area (Å²) in [7, 11) is 0. The van der Waals surface area contributed by atoms with E-state index in [1.54, 1.807) is 0 Å². The van der Waals surface area contributed by atoms with Crippen molar-refractivity contribution >= 4 is 0 Å². The van der Waals surface area contributed by atoms with Crippen LogP contribution in [-0.4, -0.2) is 4.57 Å². The van der Waals surface area contributed by atoms with E-state index in [1.165, 1.54) is 121 Å². The van der Waals surface area contributed by atoms with E-state index in [2.05, 4.69) is 65.7 Å². The first-order chi connectivity index (χ1) is 15.9. The molecular formula is C30H51N2+. The third-order valence-electron chi connectivity index (χ3n) is 6.76. The molecule has 180 valence electrons. The summed E-state index contributed by atoms with van der Waals surface area (Å²) in [6, 6.07) is 11.0. The van der Waals surface area contributed by atoms with Crippen LogP contribution in [0.5, 0.6) is 0 Å². The predicted octanol–water partition coefficient (Wildman–Crippen LogP) is 9.11. The minimum atomic E-state index is 1.14. The summed E-state index contributed by atoms with van der Waals surface area (Å²) in [6.45, 7) is 6.88. The van der Waals surface area contributed by atoms with Gasteiger partial charge in [0.05, 0.1) is 18.7 Å². The molecule has 32 heavy (non-hydrogen) atoms. The molecule has 0 aliphatic rings. The molecule has 0 aliphatic heterocycles. The van der Waals surface area contributed by atoms with Crippen molar-refractivity contribution < 1.29 is 4.57 Å². The molecule has 0 bridgehead atoms. The summed E-state index contributed by atoms with van der Waals surface area (Å²) in [6.07, 6.45) is 28.2. The molecule has 2 nitrogen and oxygen atoms in total. The molecule has 1 heterocycles. The van der Waals surface area contributed by atoms with Crippen molar-refractivity contribution in [2.24, 2.45) is 0 Å². The third kappa shape index (κ3) is 10.8. The van der Waals surface area contributed by atoms with Gasteiger partial charge in [0.25, 0.3) is 5.82 Å². The van der Waals surface area contributed by atoms with Crippen LogP contribution >= 0.6 is 0 Å². The van der Waals surface area contributed by atoms with Crippen molar-refractivity contribution in [3.63, 3.8) is 0 Å². The van der Waals surface area contributed by atoms with Gasteiger partial charge in [0.15, 0.2) is 0 Å². The molecule has 0 N–H and O–H groups in total. The molecule has 0 atom stereocenters. The maximum Gasteiger partial charge on any atom is 0.288 e. The molecule has 0 spiro atoms. The molecule has 0 unspecified atom stereocenters. The number of nitrogens with zero attached hydrogens (tertiary/aromatic N) is 2. The summed E-state index contributed by atoms with van der Waals surface area (Å²) in [4.78, 5) is 0. The Morgan fingerprint density at radius 3 is 1.66 bits per heavy atom. The molecule has 0 saturated heterocycles. The lowest BCUT2D eigenvalue weighted by molar-refractivity contribution is -0.686. The maximum absolute atomic E-state index is 2.50. The van der Waals surface area contributed by atoms with Gasteiger partial charge in [-0.15, -0.1) is 0 Å². The molecule has 1 aromatic heterocycles. The van der Waals surface area contributed by atoms with Crippen LogP contribution in [0.3, 0.4) is 0 Å². The normalized spacial score (nSPS) is 11.3. The zero-order chi connectivity index (χ0) is 22.7. The van der Waals surface area contributed by atoms with Crippen molar-refractivity contribution in [2.45, 2.75) is 136 Å². The average Bonchev–Trinajstić information content (AvgIpc) is 3.23. The summed E-state index contributed by atoms with van der Waals surface area (Å²) < 4.78 is 5.00. The highest BCUT2D eigenvalue weighted by atomic mass is 15.1. The van der Waals surface area contributed by atoms with Crippen LogP contribution in [0.25, 0.3) is 11.4 Å². The van der Waals surface area contributed by atoms with Crippen LogP contribution in [0.1, 0.15) is 123 Å². The van der Waals surface area contributed by atoms with Gasteiger partial charge in [-0.1, -0.05) is 116 Å². The number of hydrogen-bond donors (Lipinski definition) is 0. The van der Waals surface area contributed by atoms with Crippen molar-refractivity contribution in [3.8, 4) is 11.4 Å². The highest BCUT2D eigenvalue weighted by Crippen LogP contribution is 2.18. The number of unbranched alkanes of at least 4 members (excludes halogenated alkanes) is 15. The lowest BCUT2D eigenvalue weighted by Gasteiger charge is -2.07. The summed E-state index contributed by atoms with van der Waals surface area (Å²) in [5.74, 6) is 1.40. The molecule has 2 heteroatoms. The summed E-state index contributed by atoms with van der Waals surface area (Å²) in [5, 5.41) is 0. The molecule has 0 fully saturated rings.